The summed E-state index contributed by atoms with van der Waals surface area (Å²) < 4.78 is 13.8. The summed E-state index contributed by atoms with van der Waals surface area (Å²) in [6, 6.07) is 28.9. The minimum Gasteiger partial charge on any atom is -0.490 e. The molecule has 0 saturated carbocycles. The molecule has 0 amide bonds. The van der Waals surface area contributed by atoms with Crippen LogP contribution in [0.15, 0.2) is 97.1 Å². The number of para-hydroxylation sites is 3. The fourth-order valence-corrected chi connectivity index (χ4v) is 4.60. The summed E-state index contributed by atoms with van der Waals surface area (Å²) in [5.41, 5.74) is 2.47. The minimum atomic E-state index is -0.605. The number of aromatic nitrogens is 2. The third kappa shape index (κ3) is 5.70. The van der Waals surface area contributed by atoms with Crippen molar-refractivity contribution in [3.05, 3.63) is 129 Å². The fourth-order valence-electron chi connectivity index (χ4n) is 3.97. The summed E-state index contributed by atoms with van der Waals surface area (Å²) in [7, 11) is 0. The number of hydrogen-bond acceptors (Lipinski definition) is 4. The van der Waals surface area contributed by atoms with Gasteiger partial charge in [0.15, 0.2) is 0 Å². The standard InChI is InChI=1S/C30H21Cl3N2O3/c31-22-11-3-1-9-20(22)28(38-30(36)21-10-2-4-12-23(21)32)19-29-34-25-14-6-7-15-26(25)35(29)17-18-37-27-16-8-5-13-24(27)33/h1-16,19H,17-18H2. The lowest BCUT2D eigenvalue weighted by Gasteiger charge is -2.13. The van der Waals surface area contributed by atoms with Crippen molar-refractivity contribution in [3.8, 4) is 5.75 Å². The number of nitrogens with zero attached hydrogens (tertiary/aromatic N) is 2. The van der Waals surface area contributed by atoms with Gasteiger partial charge in [0.1, 0.15) is 23.9 Å². The molecule has 190 valence electrons. The van der Waals surface area contributed by atoms with Crippen LogP contribution in [-0.2, 0) is 11.3 Å². The number of esters is 1. The Balaban J connectivity index is 1.54. The van der Waals surface area contributed by atoms with E-state index in [4.69, 9.17) is 49.3 Å². The Labute approximate surface area is 234 Å². The van der Waals surface area contributed by atoms with Crippen molar-refractivity contribution < 1.29 is 14.3 Å². The molecule has 0 saturated heterocycles. The van der Waals surface area contributed by atoms with E-state index in [1.807, 2.05) is 53.1 Å². The molecule has 0 aliphatic heterocycles. The van der Waals surface area contributed by atoms with Crippen LogP contribution in [0.3, 0.4) is 0 Å². The molecule has 5 nitrogen and oxygen atoms in total. The zero-order chi connectivity index (χ0) is 26.5. The van der Waals surface area contributed by atoms with E-state index in [0.29, 0.717) is 45.4 Å². The quantitative estimate of drug-likeness (QED) is 0.140. The summed E-state index contributed by atoms with van der Waals surface area (Å²) in [6.07, 6.45) is 1.70. The van der Waals surface area contributed by atoms with Crippen LogP contribution in [-0.4, -0.2) is 22.1 Å². The Kier molecular flexibility index (Phi) is 7.99. The van der Waals surface area contributed by atoms with Gasteiger partial charge in [0, 0.05) is 11.6 Å². The highest BCUT2D eigenvalue weighted by Crippen LogP contribution is 2.30. The fraction of sp³-hybridized carbons (Fsp3) is 0.0667. The molecule has 0 bridgehead atoms. The van der Waals surface area contributed by atoms with E-state index in [0.717, 1.165) is 11.0 Å². The molecular weight excluding hydrogens is 543 g/mol. The van der Waals surface area contributed by atoms with Crippen LogP contribution in [0.5, 0.6) is 5.75 Å². The van der Waals surface area contributed by atoms with Crippen LogP contribution in [0.25, 0.3) is 22.9 Å². The van der Waals surface area contributed by atoms with Crippen LogP contribution in [0.4, 0.5) is 0 Å². The van der Waals surface area contributed by atoms with Crippen molar-refractivity contribution >= 4 is 63.6 Å². The Morgan fingerprint density at radius 3 is 2.08 bits per heavy atom. The highest BCUT2D eigenvalue weighted by molar-refractivity contribution is 6.34. The van der Waals surface area contributed by atoms with E-state index < -0.39 is 5.97 Å². The molecule has 1 heterocycles. The molecule has 0 atom stereocenters. The normalized spacial score (nSPS) is 11.5. The number of hydrogen-bond donors (Lipinski definition) is 0. The summed E-state index contributed by atoms with van der Waals surface area (Å²) >= 11 is 19.0. The molecule has 0 spiro atoms. The molecule has 1 aromatic heterocycles. The average molecular weight is 564 g/mol. The van der Waals surface area contributed by atoms with Gasteiger partial charge in [-0.1, -0.05) is 83.3 Å². The Bertz CT molecular complexity index is 1650. The first-order chi connectivity index (χ1) is 18.5. The number of carbonyl (C=O) groups is 1. The van der Waals surface area contributed by atoms with Crippen molar-refractivity contribution in [2.24, 2.45) is 0 Å². The first kappa shape index (κ1) is 25.9. The minimum absolute atomic E-state index is 0.240. The lowest BCUT2D eigenvalue weighted by atomic mass is 10.1. The Hall–Kier alpha value is -3.77. The van der Waals surface area contributed by atoms with Crippen LogP contribution >= 0.6 is 34.8 Å². The van der Waals surface area contributed by atoms with Crippen LogP contribution in [0.2, 0.25) is 15.1 Å². The van der Waals surface area contributed by atoms with E-state index >= 15 is 0 Å². The van der Waals surface area contributed by atoms with Gasteiger partial charge in [0.2, 0.25) is 0 Å². The maximum Gasteiger partial charge on any atom is 0.345 e. The molecule has 0 N–H and O–H groups in total. The van der Waals surface area contributed by atoms with Crippen molar-refractivity contribution in [1.29, 1.82) is 0 Å². The summed E-state index contributed by atoms with van der Waals surface area (Å²) in [6.45, 7) is 0.803. The zero-order valence-electron chi connectivity index (χ0n) is 20.0. The summed E-state index contributed by atoms with van der Waals surface area (Å²) in [5.74, 6) is 0.799. The molecule has 0 aliphatic rings. The lowest BCUT2D eigenvalue weighted by Crippen LogP contribution is -2.11. The molecule has 0 unspecified atom stereocenters. The second kappa shape index (κ2) is 11.7. The van der Waals surface area contributed by atoms with Gasteiger partial charge in [-0.3, -0.25) is 0 Å². The third-order valence-electron chi connectivity index (χ3n) is 5.79. The van der Waals surface area contributed by atoms with Gasteiger partial charge in [0.05, 0.1) is 38.2 Å². The molecular formula is C30H21Cl3N2O3. The largest absolute Gasteiger partial charge is 0.490 e. The highest BCUT2D eigenvalue weighted by Gasteiger charge is 2.19. The zero-order valence-corrected chi connectivity index (χ0v) is 22.3. The van der Waals surface area contributed by atoms with Gasteiger partial charge < -0.3 is 14.0 Å². The van der Waals surface area contributed by atoms with Gasteiger partial charge in [-0.2, -0.15) is 0 Å². The summed E-state index contributed by atoms with van der Waals surface area (Å²) in [5, 5.41) is 1.26. The second-order valence-electron chi connectivity index (χ2n) is 8.25. The highest BCUT2D eigenvalue weighted by atomic mass is 35.5. The molecule has 8 heteroatoms. The van der Waals surface area contributed by atoms with E-state index in [-0.39, 0.29) is 11.3 Å². The SMILES string of the molecule is O=C(OC(=Cc1nc2ccccc2n1CCOc1ccccc1Cl)c1ccccc1Cl)c1ccccc1Cl. The average Bonchev–Trinajstić information content (AvgIpc) is 3.27. The predicted molar refractivity (Wildman–Crippen MR) is 153 cm³/mol. The number of benzene rings is 4. The topological polar surface area (TPSA) is 53.3 Å². The Morgan fingerprint density at radius 2 is 1.37 bits per heavy atom. The molecule has 5 aromatic rings. The first-order valence-electron chi connectivity index (χ1n) is 11.8. The van der Waals surface area contributed by atoms with Crippen molar-refractivity contribution in [1.82, 2.24) is 9.55 Å². The van der Waals surface area contributed by atoms with Gasteiger partial charge in [0.25, 0.3) is 0 Å². The monoisotopic (exact) mass is 562 g/mol. The lowest BCUT2D eigenvalue weighted by molar-refractivity contribution is 0.0694. The van der Waals surface area contributed by atoms with E-state index in [1.165, 1.54) is 0 Å². The van der Waals surface area contributed by atoms with Crippen LogP contribution in [0, 0.1) is 0 Å². The van der Waals surface area contributed by atoms with E-state index in [1.54, 1.807) is 54.6 Å². The van der Waals surface area contributed by atoms with E-state index in [9.17, 15) is 4.79 Å². The maximum atomic E-state index is 13.1. The third-order valence-corrected chi connectivity index (χ3v) is 6.76. The number of carbonyl (C=O) groups excluding carboxylic acids is 1. The predicted octanol–water partition coefficient (Wildman–Crippen LogP) is 8.43. The smallest absolute Gasteiger partial charge is 0.345 e. The Morgan fingerprint density at radius 1 is 0.763 bits per heavy atom. The number of fused-ring (bicyclic) bond motifs is 1. The van der Waals surface area contributed by atoms with Gasteiger partial charge in [-0.15, -0.1) is 0 Å². The number of rotatable bonds is 8. The second-order valence-corrected chi connectivity index (χ2v) is 9.47. The number of halogens is 3. The van der Waals surface area contributed by atoms with Crippen molar-refractivity contribution in [3.63, 3.8) is 0 Å². The number of imidazole rings is 1. The molecule has 5 rings (SSSR count). The van der Waals surface area contributed by atoms with Gasteiger partial charge in [-0.05, 0) is 48.5 Å². The van der Waals surface area contributed by atoms with Crippen molar-refractivity contribution in [2.45, 2.75) is 6.54 Å². The summed E-state index contributed by atoms with van der Waals surface area (Å²) in [4.78, 5) is 17.9. The number of ether oxygens (including phenoxy) is 2. The van der Waals surface area contributed by atoms with Crippen molar-refractivity contribution in [2.75, 3.05) is 6.61 Å². The molecule has 38 heavy (non-hydrogen) atoms. The first-order valence-corrected chi connectivity index (χ1v) is 12.9. The van der Waals surface area contributed by atoms with Crippen LogP contribution < -0.4 is 4.74 Å². The van der Waals surface area contributed by atoms with Gasteiger partial charge in [-0.25, -0.2) is 9.78 Å². The van der Waals surface area contributed by atoms with Gasteiger partial charge >= 0.3 is 5.97 Å². The van der Waals surface area contributed by atoms with E-state index in [2.05, 4.69) is 0 Å². The molecule has 0 aliphatic carbocycles. The molecule has 4 aromatic carbocycles. The maximum absolute atomic E-state index is 13.1. The molecule has 0 fully saturated rings. The molecule has 0 radical (unpaired) electrons. The van der Waals surface area contributed by atoms with Crippen LogP contribution in [0.1, 0.15) is 21.7 Å².